The van der Waals surface area contributed by atoms with Gasteiger partial charge in [0, 0.05) is 0 Å². The average Bonchev–Trinajstić information content (AvgIpc) is 2.15. The van der Waals surface area contributed by atoms with E-state index >= 15 is 0 Å². The lowest BCUT2D eigenvalue weighted by Crippen LogP contribution is -2.14. The summed E-state index contributed by atoms with van der Waals surface area (Å²) in [5, 5.41) is 0. The first-order valence-corrected chi connectivity index (χ1v) is 6.35. The molecule has 0 spiro atoms. The van der Waals surface area contributed by atoms with E-state index in [1.165, 1.54) is 51.5 Å². The van der Waals surface area contributed by atoms with Crippen molar-refractivity contribution < 1.29 is 0 Å². The van der Waals surface area contributed by atoms with Gasteiger partial charge in [0.15, 0.2) is 0 Å². The smallest absolute Gasteiger partial charge is 0.00247 e. The minimum atomic E-state index is 0.987. The Bertz CT molecular complexity index is 110. The molecular formula is C13H29N. The average molecular weight is 199 g/mol. The number of unbranched alkanes of at least 4 members (excludes halogenated alkanes) is 2. The van der Waals surface area contributed by atoms with E-state index in [4.69, 9.17) is 0 Å². The van der Waals surface area contributed by atoms with E-state index in [0.29, 0.717) is 0 Å². The van der Waals surface area contributed by atoms with E-state index in [-0.39, 0.29) is 0 Å². The van der Waals surface area contributed by atoms with E-state index in [0.717, 1.165) is 5.92 Å². The van der Waals surface area contributed by atoms with Crippen LogP contribution in [0.15, 0.2) is 0 Å². The van der Waals surface area contributed by atoms with Crippen molar-refractivity contribution in [2.75, 3.05) is 20.6 Å². The summed E-state index contributed by atoms with van der Waals surface area (Å²) in [5.41, 5.74) is 0. The van der Waals surface area contributed by atoms with Crippen LogP contribution in [0.1, 0.15) is 58.8 Å². The molecule has 1 atom stereocenters. The predicted molar refractivity (Wildman–Crippen MR) is 65.7 cm³/mol. The van der Waals surface area contributed by atoms with Gasteiger partial charge in [0.25, 0.3) is 0 Å². The molecule has 0 rings (SSSR count). The monoisotopic (exact) mass is 199 g/mol. The third-order valence-corrected chi connectivity index (χ3v) is 3.01. The molecule has 0 aliphatic carbocycles. The van der Waals surface area contributed by atoms with Crippen LogP contribution in [0.5, 0.6) is 0 Å². The van der Waals surface area contributed by atoms with Crippen molar-refractivity contribution in [3.8, 4) is 0 Å². The van der Waals surface area contributed by atoms with Crippen LogP contribution >= 0.6 is 0 Å². The van der Waals surface area contributed by atoms with Gasteiger partial charge in [-0.2, -0.15) is 0 Å². The highest BCUT2D eigenvalue weighted by atomic mass is 15.0. The molecule has 14 heavy (non-hydrogen) atoms. The fourth-order valence-electron chi connectivity index (χ4n) is 1.93. The summed E-state index contributed by atoms with van der Waals surface area (Å²) in [7, 11) is 4.33. The second-order valence-electron chi connectivity index (χ2n) is 4.72. The molecule has 0 fully saturated rings. The molecule has 1 heteroatoms. The van der Waals surface area contributed by atoms with Gasteiger partial charge in [-0.15, -0.1) is 0 Å². The molecule has 0 amide bonds. The largest absolute Gasteiger partial charge is 0.309 e. The Hall–Kier alpha value is -0.0400. The molecule has 0 aromatic heterocycles. The van der Waals surface area contributed by atoms with Crippen molar-refractivity contribution in [3.05, 3.63) is 0 Å². The van der Waals surface area contributed by atoms with E-state index in [1.807, 2.05) is 0 Å². The zero-order chi connectivity index (χ0) is 10.8. The molecule has 0 saturated carbocycles. The Labute approximate surface area is 90.9 Å². The lowest BCUT2D eigenvalue weighted by molar-refractivity contribution is 0.346. The lowest BCUT2D eigenvalue weighted by atomic mass is 9.94. The van der Waals surface area contributed by atoms with Gasteiger partial charge >= 0.3 is 0 Å². The third kappa shape index (κ3) is 8.55. The van der Waals surface area contributed by atoms with E-state index in [1.54, 1.807) is 0 Å². The predicted octanol–water partition coefficient (Wildman–Crippen LogP) is 3.93. The molecule has 0 N–H and O–H groups in total. The van der Waals surface area contributed by atoms with Crippen molar-refractivity contribution in [3.63, 3.8) is 0 Å². The van der Waals surface area contributed by atoms with Gasteiger partial charge in [0.1, 0.15) is 0 Å². The molecule has 86 valence electrons. The Morgan fingerprint density at radius 3 is 2.07 bits per heavy atom. The number of rotatable bonds is 9. The molecule has 1 nitrogen and oxygen atoms in total. The van der Waals surface area contributed by atoms with Crippen LogP contribution in [0.2, 0.25) is 0 Å². The lowest BCUT2D eigenvalue weighted by Gasteiger charge is -2.16. The molecule has 1 unspecified atom stereocenters. The first kappa shape index (κ1) is 14.0. The molecule has 0 aromatic rings. The summed E-state index contributed by atoms with van der Waals surface area (Å²) in [6.45, 7) is 5.88. The third-order valence-electron chi connectivity index (χ3n) is 3.01. The zero-order valence-electron chi connectivity index (χ0n) is 10.7. The maximum atomic E-state index is 2.34. The number of hydrogen-bond acceptors (Lipinski definition) is 1. The summed E-state index contributed by atoms with van der Waals surface area (Å²) >= 11 is 0. The van der Waals surface area contributed by atoms with Gasteiger partial charge in [-0.1, -0.05) is 46.0 Å². The van der Waals surface area contributed by atoms with Crippen molar-refractivity contribution in [1.29, 1.82) is 0 Å². The summed E-state index contributed by atoms with van der Waals surface area (Å²) in [6.07, 6.45) is 9.85. The summed E-state index contributed by atoms with van der Waals surface area (Å²) in [4.78, 5) is 2.29. The SMILES string of the molecule is CCCCCC(CC)CCCN(C)C. The van der Waals surface area contributed by atoms with Crippen molar-refractivity contribution in [2.24, 2.45) is 5.92 Å². The quantitative estimate of drug-likeness (QED) is 0.508. The van der Waals surface area contributed by atoms with Crippen LogP contribution in [0, 0.1) is 5.92 Å². The Kier molecular flexibility index (Phi) is 9.49. The fourth-order valence-corrected chi connectivity index (χ4v) is 1.93. The topological polar surface area (TPSA) is 3.24 Å². The van der Waals surface area contributed by atoms with Gasteiger partial charge in [-0.25, -0.2) is 0 Å². The van der Waals surface area contributed by atoms with Crippen LogP contribution < -0.4 is 0 Å². The van der Waals surface area contributed by atoms with Crippen LogP contribution in [0.25, 0.3) is 0 Å². The van der Waals surface area contributed by atoms with Gasteiger partial charge in [-0.05, 0) is 39.4 Å². The van der Waals surface area contributed by atoms with Gasteiger partial charge < -0.3 is 4.90 Å². The Balaban J connectivity index is 3.38. The standard InChI is InChI=1S/C13H29N/c1-5-7-8-10-13(6-2)11-9-12-14(3)4/h13H,5-12H2,1-4H3. The first-order chi connectivity index (χ1) is 6.70. The molecule has 0 aliphatic heterocycles. The summed E-state index contributed by atoms with van der Waals surface area (Å²) in [5.74, 6) is 0.987. The Morgan fingerprint density at radius 2 is 1.57 bits per heavy atom. The van der Waals surface area contributed by atoms with Gasteiger partial charge in [-0.3, -0.25) is 0 Å². The second kappa shape index (κ2) is 9.51. The highest BCUT2D eigenvalue weighted by molar-refractivity contribution is 4.59. The normalized spacial score (nSPS) is 13.5. The van der Waals surface area contributed by atoms with E-state index in [9.17, 15) is 0 Å². The molecule has 0 aliphatic rings. The fraction of sp³-hybridized carbons (Fsp3) is 1.00. The molecule has 0 aromatic carbocycles. The maximum Gasteiger partial charge on any atom is -0.00247 e. The highest BCUT2D eigenvalue weighted by Crippen LogP contribution is 2.18. The zero-order valence-corrected chi connectivity index (χ0v) is 10.7. The maximum absolute atomic E-state index is 2.34. The number of nitrogens with zero attached hydrogens (tertiary/aromatic N) is 1. The van der Waals surface area contributed by atoms with Crippen molar-refractivity contribution in [2.45, 2.75) is 58.8 Å². The molecular weight excluding hydrogens is 170 g/mol. The highest BCUT2D eigenvalue weighted by Gasteiger charge is 2.05. The van der Waals surface area contributed by atoms with E-state index in [2.05, 4.69) is 32.8 Å². The Morgan fingerprint density at radius 1 is 0.929 bits per heavy atom. The first-order valence-electron chi connectivity index (χ1n) is 6.35. The van der Waals surface area contributed by atoms with E-state index < -0.39 is 0 Å². The van der Waals surface area contributed by atoms with Crippen molar-refractivity contribution in [1.82, 2.24) is 4.90 Å². The molecule has 0 heterocycles. The minimum Gasteiger partial charge on any atom is -0.309 e. The number of hydrogen-bond donors (Lipinski definition) is 0. The van der Waals surface area contributed by atoms with Crippen LogP contribution in [0.3, 0.4) is 0 Å². The van der Waals surface area contributed by atoms with Gasteiger partial charge in [0.2, 0.25) is 0 Å². The molecule has 0 bridgehead atoms. The van der Waals surface area contributed by atoms with Crippen LogP contribution in [0.4, 0.5) is 0 Å². The second-order valence-corrected chi connectivity index (χ2v) is 4.72. The summed E-state index contributed by atoms with van der Waals surface area (Å²) < 4.78 is 0. The van der Waals surface area contributed by atoms with Crippen LogP contribution in [-0.2, 0) is 0 Å². The molecule has 0 saturated heterocycles. The van der Waals surface area contributed by atoms with Gasteiger partial charge in [0.05, 0.1) is 0 Å². The van der Waals surface area contributed by atoms with Crippen LogP contribution in [-0.4, -0.2) is 25.5 Å². The molecule has 0 radical (unpaired) electrons. The minimum absolute atomic E-state index is 0.987. The summed E-state index contributed by atoms with van der Waals surface area (Å²) in [6, 6.07) is 0. The van der Waals surface area contributed by atoms with Crippen molar-refractivity contribution >= 4 is 0 Å².